The Morgan fingerprint density at radius 2 is 1.54 bits per heavy atom. The molecule has 0 unspecified atom stereocenters. The first-order chi connectivity index (χ1) is 6.22. The van der Waals surface area contributed by atoms with Gasteiger partial charge in [0.25, 0.3) is 0 Å². The third kappa shape index (κ3) is 1.16. The van der Waals surface area contributed by atoms with Crippen molar-refractivity contribution in [3.05, 3.63) is 55.3 Å². The first-order valence-corrected chi connectivity index (χ1v) is 4.55. The van der Waals surface area contributed by atoms with Gasteiger partial charge in [0.05, 0.1) is 10.0 Å². The van der Waals surface area contributed by atoms with Crippen LogP contribution in [-0.4, -0.2) is 0 Å². The van der Waals surface area contributed by atoms with Gasteiger partial charge in [-0.05, 0) is 21.5 Å². The van der Waals surface area contributed by atoms with Crippen molar-refractivity contribution in [3.8, 4) is 11.1 Å². The van der Waals surface area contributed by atoms with E-state index in [0.717, 1.165) is 5.56 Å². The minimum Gasteiger partial charge on any atom is -0.285 e. The summed E-state index contributed by atoms with van der Waals surface area (Å²) in [4.78, 5) is 22.0. The molecule has 0 N–H and O–H groups in total. The molecule has 0 radical (unpaired) electrons. The molecule has 0 heterocycles. The minimum absolute atomic E-state index is 0.392. The summed E-state index contributed by atoms with van der Waals surface area (Å²) in [6.45, 7) is 0. The van der Waals surface area contributed by atoms with Crippen LogP contribution in [0.5, 0.6) is 0 Å². The van der Waals surface area contributed by atoms with E-state index in [9.17, 15) is 9.59 Å². The Morgan fingerprint density at radius 1 is 0.923 bits per heavy atom. The van der Waals surface area contributed by atoms with Crippen LogP contribution in [0.1, 0.15) is 0 Å². The maximum Gasteiger partial charge on any atom is 0.241 e. The molecule has 64 valence electrons. The molecule has 0 bridgehead atoms. The van der Waals surface area contributed by atoms with Crippen molar-refractivity contribution in [2.75, 3.05) is 0 Å². The zero-order valence-corrected chi connectivity index (χ0v) is 8.17. The van der Waals surface area contributed by atoms with Crippen LogP contribution in [0.4, 0.5) is 0 Å². The topological polar surface area (TPSA) is 34.1 Å². The standard InChI is InChI=1S/C10H5BrO2/c11-8-7(9(12)10(8)13)6-4-2-1-3-5-6/h1-5H. The summed E-state index contributed by atoms with van der Waals surface area (Å²) in [6, 6.07) is 9.14. The van der Waals surface area contributed by atoms with Crippen molar-refractivity contribution in [1.82, 2.24) is 0 Å². The molecule has 0 amide bonds. The second-order valence-electron chi connectivity index (χ2n) is 2.71. The maximum absolute atomic E-state index is 11.1. The monoisotopic (exact) mass is 236 g/mol. The van der Waals surface area contributed by atoms with Crippen molar-refractivity contribution in [1.29, 1.82) is 0 Å². The lowest BCUT2D eigenvalue weighted by Crippen LogP contribution is -2.33. The van der Waals surface area contributed by atoms with Crippen molar-refractivity contribution < 1.29 is 0 Å². The van der Waals surface area contributed by atoms with Crippen molar-refractivity contribution in [2.45, 2.75) is 0 Å². The maximum atomic E-state index is 11.1. The van der Waals surface area contributed by atoms with Crippen molar-refractivity contribution >= 4 is 15.9 Å². The lowest BCUT2D eigenvalue weighted by atomic mass is 10.0. The van der Waals surface area contributed by atoms with Gasteiger partial charge in [-0.25, -0.2) is 0 Å². The number of rotatable bonds is 1. The van der Waals surface area contributed by atoms with Gasteiger partial charge >= 0.3 is 0 Å². The third-order valence-corrected chi connectivity index (χ3v) is 2.67. The molecule has 0 saturated heterocycles. The van der Waals surface area contributed by atoms with Gasteiger partial charge in [-0.2, -0.15) is 0 Å². The Labute approximate surface area is 82.7 Å². The highest BCUT2D eigenvalue weighted by molar-refractivity contribution is 9.10. The molecule has 0 fully saturated rings. The Balaban J connectivity index is 2.63. The molecule has 0 aliphatic heterocycles. The highest BCUT2D eigenvalue weighted by atomic mass is 79.9. The number of halogens is 1. The summed E-state index contributed by atoms with van der Waals surface area (Å²) in [7, 11) is 0. The van der Waals surface area contributed by atoms with E-state index in [4.69, 9.17) is 0 Å². The van der Waals surface area contributed by atoms with Gasteiger partial charge < -0.3 is 0 Å². The van der Waals surface area contributed by atoms with Crippen LogP contribution >= 0.6 is 15.9 Å². The van der Waals surface area contributed by atoms with Crippen LogP contribution in [0, 0.1) is 0 Å². The molecule has 0 saturated carbocycles. The molecule has 0 aliphatic rings. The molecular weight excluding hydrogens is 232 g/mol. The molecule has 2 rings (SSSR count). The average Bonchev–Trinajstić information content (AvgIpc) is 2.19. The second kappa shape index (κ2) is 2.92. The first-order valence-electron chi connectivity index (χ1n) is 3.76. The van der Waals surface area contributed by atoms with Gasteiger partial charge in [-0.3, -0.25) is 9.59 Å². The van der Waals surface area contributed by atoms with Crippen molar-refractivity contribution in [2.24, 2.45) is 0 Å². The Hall–Kier alpha value is -1.22. The number of benzene rings is 1. The summed E-state index contributed by atoms with van der Waals surface area (Å²) in [5.74, 6) is 0. The molecule has 2 aromatic rings. The first kappa shape index (κ1) is 8.38. The number of hydrogen-bond acceptors (Lipinski definition) is 2. The molecule has 0 aliphatic carbocycles. The summed E-state index contributed by atoms with van der Waals surface area (Å²) in [6.07, 6.45) is 0. The molecule has 0 atom stereocenters. The van der Waals surface area contributed by atoms with E-state index in [1.165, 1.54) is 0 Å². The van der Waals surface area contributed by atoms with Crippen LogP contribution in [0.15, 0.2) is 44.4 Å². The van der Waals surface area contributed by atoms with E-state index in [2.05, 4.69) is 15.9 Å². The van der Waals surface area contributed by atoms with E-state index in [-0.39, 0.29) is 0 Å². The van der Waals surface area contributed by atoms with Gasteiger partial charge in [-0.1, -0.05) is 30.3 Å². The normalized spacial score (nSPS) is 10.5. The molecule has 13 heavy (non-hydrogen) atoms. The molecule has 2 aromatic carbocycles. The van der Waals surface area contributed by atoms with Crippen LogP contribution in [0.3, 0.4) is 0 Å². The summed E-state index contributed by atoms with van der Waals surface area (Å²) in [5, 5.41) is 0. The summed E-state index contributed by atoms with van der Waals surface area (Å²) < 4.78 is 0.392. The average molecular weight is 237 g/mol. The molecule has 0 aromatic heterocycles. The highest BCUT2D eigenvalue weighted by Gasteiger charge is 2.18. The third-order valence-electron chi connectivity index (χ3n) is 1.91. The fourth-order valence-electron chi connectivity index (χ4n) is 1.23. The van der Waals surface area contributed by atoms with Gasteiger partial charge in [0, 0.05) is 0 Å². The Kier molecular flexibility index (Phi) is 1.88. The smallest absolute Gasteiger partial charge is 0.241 e. The van der Waals surface area contributed by atoms with Gasteiger partial charge in [0.2, 0.25) is 10.9 Å². The highest BCUT2D eigenvalue weighted by Crippen LogP contribution is 2.22. The van der Waals surface area contributed by atoms with Gasteiger partial charge in [0.1, 0.15) is 0 Å². The zero-order chi connectivity index (χ0) is 9.42. The molecule has 3 heteroatoms. The minimum atomic E-state index is -0.432. The van der Waals surface area contributed by atoms with Crippen LogP contribution in [-0.2, 0) is 0 Å². The van der Waals surface area contributed by atoms with Crippen LogP contribution in [0.2, 0.25) is 0 Å². The van der Waals surface area contributed by atoms with Crippen LogP contribution < -0.4 is 10.9 Å². The predicted octanol–water partition coefficient (Wildman–Crippen LogP) is 1.71. The van der Waals surface area contributed by atoms with Crippen LogP contribution in [0.25, 0.3) is 11.1 Å². The van der Waals surface area contributed by atoms with Gasteiger partial charge in [-0.15, -0.1) is 0 Å². The zero-order valence-electron chi connectivity index (χ0n) is 6.58. The van der Waals surface area contributed by atoms with E-state index in [1.807, 2.05) is 18.2 Å². The van der Waals surface area contributed by atoms with Gasteiger partial charge in [0.15, 0.2) is 0 Å². The Morgan fingerprint density at radius 3 is 2.08 bits per heavy atom. The van der Waals surface area contributed by atoms with E-state index in [0.29, 0.717) is 10.0 Å². The van der Waals surface area contributed by atoms with E-state index < -0.39 is 10.9 Å². The fourth-order valence-corrected chi connectivity index (χ4v) is 1.82. The van der Waals surface area contributed by atoms with E-state index >= 15 is 0 Å². The quantitative estimate of drug-likeness (QED) is 0.707. The Bertz CT molecular complexity index is 507. The summed E-state index contributed by atoms with van der Waals surface area (Å²) in [5.41, 5.74) is 0.446. The van der Waals surface area contributed by atoms with Crippen molar-refractivity contribution in [3.63, 3.8) is 0 Å². The number of hydrogen-bond donors (Lipinski definition) is 0. The SMILES string of the molecule is O=c1c(Br)c(-c2ccccc2)c1=O. The lowest BCUT2D eigenvalue weighted by Gasteiger charge is -2.04. The molecule has 0 spiro atoms. The summed E-state index contributed by atoms with van der Waals surface area (Å²) >= 11 is 3.08. The largest absolute Gasteiger partial charge is 0.285 e. The lowest BCUT2D eigenvalue weighted by molar-refractivity contribution is 1.36. The predicted molar refractivity (Wildman–Crippen MR) is 54.5 cm³/mol. The van der Waals surface area contributed by atoms with E-state index in [1.54, 1.807) is 12.1 Å². The second-order valence-corrected chi connectivity index (χ2v) is 3.51. The fraction of sp³-hybridized carbons (Fsp3) is 0. The molecule has 2 nitrogen and oxygen atoms in total. The molecular formula is C10H5BrO2.